The highest BCUT2D eigenvalue weighted by Crippen LogP contribution is 2.14. The van der Waals surface area contributed by atoms with Crippen LogP contribution in [0.2, 0.25) is 0 Å². The van der Waals surface area contributed by atoms with Crippen LogP contribution in [0.25, 0.3) is 0 Å². The second-order valence-electron chi connectivity index (χ2n) is 4.11. The number of hydrogen-bond donors (Lipinski definition) is 2. The van der Waals surface area contributed by atoms with Gasteiger partial charge in [0.25, 0.3) is 0 Å². The molecule has 4 heteroatoms. The predicted octanol–water partition coefficient (Wildman–Crippen LogP) is 1.87. The van der Waals surface area contributed by atoms with Crippen molar-refractivity contribution in [2.75, 3.05) is 20.3 Å². The molecule has 0 aromatic heterocycles. The van der Waals surface area contributed by atoms with E-state index in [1.165, 1.54) is 12.1 Å². The fourth-order valence-electron chi connectivity index (χ4n) is 1.80. The van der Waals surface area contributed by atoms with Crippen LogP contribution in [-0.2, 0) is 4.74 Å². The third-order valence-electron chi connectivity index (χ3n) is 2.68. The van der Waals surface area contributed by atoms with Crippen molar-refractivity contribution < 1.29 is 14.2 Å². The zero-order valence-corrected chi connectivity index (χ0v) is 10.3. The van der Waals surface area contributed by atoms with Crippen LogP contribution in [0, 0.1) is 5.82 Å². The Hall–Kier alpha value is -0.970. The van der Waals surface area contributed by atoms with Crippen molar-refractivity contribution in [3.63, 3.8) is 0 Å². The van der Waals surface area contributed by atoms with E-state index in [4.69, 9.17) is 9.84 Å². The Labute approximate surface area is 102 Å². The van der Waals surface area contributed by atoms with Crippen molar-refractivity contribution >= 4 is 0 Å². The van der Waals surface area contributed by atoms with Gasteiger partial charge in [-0.15, -0.1) is 0 Å². The number of ether oxygens (including phenoxy) is 1. The van der Waals surface area contributed by atoms with Gasteiger partial charge in [0.05, 0.1) is 6.61 Å². The number of hydrogen-bond acceptors (Lipinski definition) is 3. The van der Waals surface area contributed by atoms with E-state index in [9.17, 15) is 4.39 Å². The summed E-state index contributed by atoms with van der Waals surface area (Å²) in [5, 5.41) is 12.2. The molecule has 1 aromatic carbocycles. The average molecular weight is 241 g/mol. The lowest BCUT2D eigenvalue weighted by atomic mass is 10.1. The molecule has 0 amide bonds. The molecule has 1 rings (SSSR count). The molecule has 2 atom stereocenters. The summed E-state index contributed by atoms with van der Waals surface area (Å²) in [6, 6.07) is 6.61. The maximum atomic E-state index is 13.1. The Bertz CT molecular complexity index is 327. The maximum absolute atomic E-state index is 13.1. The number of aliphatic hydroxyl groups is 1. The van der Waals surface area contributed by atoms with Crippen LogP contribution in [0.3, 0.4) is 0 Å². The van der Waals surface area contributed by atoms with Gasteiger partial charge >= 0.3 is 0 Å². The molecule has 96 valence electrons. The minimum atomic E-state index is -0.235. The van der Waals surface area contributed by atoms with E-state index in [0.29, 0.717) is 13.0 Å². The highest BCUT2D eigenvalue weighted by atomic mass is 19.1. The number of methoxy groups -OCH3 is 1. The standard InChI is InChI=1S/C13H20FNO2/c1-10(11-4-3-5-12(14)8-11)15-13(6-7-16)9-17-2/h3-5,8,10,13,15-16H,6-7,9H2,1-2H3. The molecule has 2 unspecified atom stereocenters. The molecule has 0 saturated heterocycles. The zero-order valence-electron chi connectivity index (χ0n) is 10.3. The van der Waals surface area contributed by atoms with Crippen LogP contribution >= 0.6 is 0 Å². The fourth-order valence-corrected chi connectivity index (χ4v) is 1.80. The van der Waals surface area contributed by atoms with Gasteiger partial charge in [-0.1, -0.05) is 12.1 Å². The van der Waals surface area contributed by atoms with Crippen LogP contribution in [0.1, 0.15) is 24.9 Å². The Morgan fingerprint density at radius 2 is 2.24 bits per heavy atom. The number of halogens is 1. The minimum Gasteiger partial charge on any atom is -0.396 e. The number of benzene rings is 1. The summed E-state index contributed by atoms with van der Waals surface area (Å²) < 4.78 is 18.1. The van der Waals surface area contributed by atoms with Gasteiger partial charge in [0.1, 0.15) is 5.82 Å². The quantitative estimate of drug-likeness (QED) is 0.765. The molecule has 0 bridgehead atoms. The summed E-state index contributed by atoms with van der Waals surface area (Å²) in [7, 11) is 1.62. The molecular formula is C13H20FNO2. The van der Waals surface area contributed by atoms with Gasteiger partial charge in [-0.2, -0.15) is 0 Å². The summed E-state index contributed by atoms with van der Waals surface area (Å²) in [6.07, 6.45) is 0.619. The highest BCUT2D eigenvalue weighted by Gasteiger charge is 2.13. The largest absolute Gasteiger partial charge is 0.396 e. The molecule has 3 nitrogen and oxygen atoms in total. The van der Waals surface area contributed by atoms with Gasteiger partial charge in [0.2, 0.25) is 0 Å². The Kier molecular flexibility index (Phi) is 6.11. The first-order valence-corrected chi connectivity index (χ1v) is 5.78. The zero-order chi connectivity index (χ0) is 12.7. The number of aliphatic hydroxyl groups excluding tert-OH is 1. The molecule has 0 heterocycles. The Balaban J connectivity index is 2.59. The van der Waals surface area contributed by atoms with Crippen LogP contribution in [-0.4, -0.2) is 31.5 Å². The van der Waals surface area contributed by atoms with Crippen molar-refractivity contribution in [1.82, 2.24) is 5.32 Å². The molecule has 2 N–H and O–H groups in total. The lowest BCUT2D eigenvalue weighted by molar-refractivity contribution is 0.143. The van der Waals surface area contributed by atoms with E-state index < -0.39 is 0 Å². The van der Waals surface area contributed by atoms with Crippen LogP contribution in [0.4, 0.5) is 4.39 Å². The fraction of sp³-hybridized carbons (Fsp3) is 0.538. The van der Waals surface area contributed by atoms with E-state index >= 15 is 0 Å². The van der Waals surface area contributed by atoms with Crippen LogP contribution in [0.5, 0.6) is 0 Å². The monoisotopic (exact) mass is 241 g/mol. The first kappa shape index (κ1) is 14.1. The van der Waals surface area contributed by atoms with Gasteiger partial charge in [0.15, 0.2) is 0 Å². The third-order valence-corrected chi connectivity index (χ3v) is 2.68. The normalized spacial score (nSPS) is 14.6. The summed E-state index contributed by atoms with van der Waals surface area (Å²) >= 11 is 0. The summed E-state index contributed by atoms with van der Waals surface area (Å²) in [5.41, 5.74) is 0.893. The average Bonchev–Trinajstić information content (AvgIpc) is 2.29. The SMILES string of the molecule is COCC(CCO)NC(C)c1cccc(F)c1. The minimum absolute atomic E-state index is 0.0254. The van der Waals surface area contributed by atoms with E-state index in [-0.39, 0.29) is 24.5 Å². The van der Waals surface area contributed by atoms with E-state index in [1.54, 1.807) is 13.2 Å². The molecule has 0 aliphatic heterocycles. The molecule has 17 heavy (non-hydrogen) atoms. The second kappa shape index (κ2) is 7.37. The Morgan fingerprint density at radius 1 is 1.47 bits per heavy atom. The van der Waals surface area contributed by atoms with E-state index in [2.05, 4.69) is 5.32 Å². The first-order valence-electron chi connectivity index (χ1n) is 5.78. The van der Waals surface area contributed by atoms with Gasteiger partial charge in [-0.05, 0) is 31.0 Å². The van der Waals surface area contributed by atoms with Gasteiger partial charge in [0, 0.05) is 25.8 Å². The molecular weight excluding hydrogens is 221 g/mol. The highest BCUT2D eigenvalue weighted by molar-refractivity contribution is 5.19. The number of rotatable bonds is 7. The van der Waals surface area contributed by atoms with Crippen molar-refractivity contribution in [3.8, 4) is 0 Å². The van der Waals surface area contributed by atoms with Gasteiger partial charge < -0.3 is 15.2 Å². The first-order chi connectivity index (χ1) is 8.17. The lowest BCUT2D eigenvalue weighted by Gasteiger charge is -2.22. The summed E-state index contributed by atoms with van der Waals surface area (Å²) in [4.78, 5) is 0. The molecule has 0 radical (unpaired) electrons. The van der Waals surface area contributed by atoms with Crippen molar-refractivity contribution in [1.29, 1.82) is 0 Å². The topological polar surface area (TPSA) is 41.5 Å². The lowest BCUT2D eigenvalue weighted by Crippen LogP contribution is -2.36. The molecule has 1 aromatic rings. The van der Waals surface area contributed by atoms with Crippen LogP contribution in [0.15, 0.2) is 24.3 Å². The third kappa shape index (κ3) is 4.81. The Morgan fingerprint density at radius 3 is 2.82 bits per heavy atom. The molecule has 0 fully saturated rings. The van der Waals surface area contributed by atoms with Gasteiger partial charge in [-0.3, -0.25) is 0 Å². The smallest absolute Gasteiger partial charge is 0.123 e. The molecule has 0 aliphatic rings. The van der Waals surface area contributed by atoms with Crippen molar-refractivity contribution in [2.24, 2.45) is 0 Å². The van der Waals surface area contributed by atoms with Crippen molar-refractivity contribution in [3.05, 3.63) is 35.6 Å². The number of nitrogens with one attached hydrogen (secondary N) is 1. The molecule has 0 spiro atoms. The van der Waals surface area contributed by atoms with Gasteiger partial charge in [-0.25, -0.2) is 4.39 Å². The second-order valence-corrected chi connectivity index (χ2v) is 4.11. The molecule has 0 saturated carbocycles. The molecule has 0 aliphatic carbocycles. The van der Waals surface area contributed by atoms with Crippen molar-refractivity contribution in [2.45, 2.75) is 25.4 Å². The summed E-state index contributed by atoms with van der Waals surface area (Å²) in [5.74, 6) is -0.235. The predicted molar refractivity (Wildman–Crippen MR) is 65.3 cm³/mol. The van der Waals surface area contributed by atoms with E-state index in [1.807, 2.05) is 13.0 Å². The summed E-state index contributed by atoms with van der Waals surface area (Å²) in [6.45, 7) is 2.60. The van der Waals surface area contributed by atoms with E-state index in [0.717, 1.165) is 5.56 Å². The van der Waals surface area contributed by atoms with Crippen LogP contribution < -0.4 is 5.32 Å². The maximum Gasteiger partial charge on any atom is 0.123 e.